The minimum Gasteiger partial charge on any atom is -0.367 e. The SMILES string of the molecule is CCc1cc(NC(CC)C2CCCCC2)ncn1. The highest BCUT2D eigenvalue weighted by molar-refractivity contribution is 5.36. The van der Waals surface area contributed by atoms with E-state index < -0.39 is 0 Å². The highest BCUT2D eigenvalue weighted by atomic mass is 15.0. The van der Waals surface area contributed by atoms with E-state index in [1.54, 1.807) is 6.33 Å². The Hall–Kier alpha value is -1.12. The Morgan fingerprint density at radius 2 is 2.00 bits per heavy atom. The molecule has 1 N–H and O–H groups in total. The average Bonchev–Trinajstić information content (AvgIpc) is 2.46. The lowest BCUT2D eigenvalue weighted by Gasteiger charge is -2.30. The van der Waals surface area contributed by atoms with Crippen LogP contribution in [0, 0.1) is 5.92 Å². The lowest BCUT2D eigenvalue weighted by molar-refractivity contribution is 0.312. The average molecular weight is 247 g/mol. The van der Waals surface area contributed by atoms with E-state index in [2.05, 4.69) is 35.2 Å². The molecule has 2 rings (SSSR count). The highest BCUT2D eigenvalue weighted by Gasteiger charge is 2.22. The second-order valence-corrected chi connectivity index (χ2v) is 5.31. The van der Waals surface area contributed by atoms with Crippen molar-refractivity contribution < 1.29 is 0 Å². The van der Waals surface area contributed by atoms with Crippen LogP contribution < -0.4 is 5.32 Å². The molecule has 100 valence electrons. The summed E-state index contributed by atoms with van der Waals surface area (Å²) < 4.78 is 0. The van der Waals surface area contributed by atoms with Crippen molar-refractivity contribution in [1.82, 2.24) is 9.97 Å². The number of aromatic nitrogens is 2. The lowest BCUT2D eigenvalue weighted by Crippen LogP contribution is -2.30. The van der Waals surface area contributed by atoms with Gasteiger partial charge in [0.05, 0.1) is 0 Å². The molecule has 3 nitrogen and oxygen atoms in total. The molecule has 0 amide bonds. The monoisotopic (exact) mass is 247 g/mol. The summed E-state index contributed by atoms with van der Waals surface area (Å²) in [6, 6.07) is 2.66. The zero-order chi connectivity index (χ0) is 12.8. The number of aryl methyl sites for hydroxylation is 1. The van der Waals surface area contributed by atoms with Gasteiger partial charge in [0, 0.05) is 17.8 Å². The molecule has 1 aromatic rings. The van der Waals surface area contributed by atoms with E-state index in [9.17, 15) is 0 Å². The Morgan fingerprint density at radius 1 is 1.22 bits per heavy atom. The number of rotatable bonds is 5. The van der Waals surface area contributed by atoms with Crippen molar-refractivity contribution in [2.45, 2.75) is 64.8 Å². The third-order valence-electron chi connectivity index (χ3n) is 4.08. The van der Waals surface area contributed by atoms with Crippen molar-refractivity contribution in [2.24, 2.45) is 5.92 Å². The molecule has 0 saturated heterocycles. The van der Waals surface area contributed by atoms with Gasteiger partial charge in [0.2, 0.25) is 0 Å². The minimum atomic E-state index is 0.574. The number of hydrogen-bond acceptors (Lipinski definition) is 3. The molecule has 0 spiro atoms. The fourth-order valence-electron chi connectivity index (χ4n) is 2.95. The molecule has 0 bridgehead atoms. The maximum Gasteiger partial charge on any atom is 0.129 e. The minimum absolute atomic E-state index is 0.574. The molecule has 0 aliphatic heterocycles. The Bertz CT molecular complexity index is 359. The van der Waals surface area contributed by atoms with Gasteiger partial charge in [-0.2, -0.15) is 0 Å². The predicted octanol–water partition coefficient (Wildman–Crippen LogP) is 3.81. The summed E-state index contributed by atoms with van der Waals surface area (Å²) in [4.78, 5) is 8.60. The zero-order valence-corrected chi connectivity index (χ0v) is 11.7. The summed E-state index contributed by atoms with van der Waals surface area (Å²) in [6.45, 7) is 4.40. The Labute approximate surface area is 110 Å². The summed E-state index contributed by atoms with van der Waals surface area (Å²) in [5.74, 6) is 1.82. The molecular formula is C15H25N3. The van der Waals surface area contributed by atoms with Crippen molar-refractivity contribution in [3.05, 3.63) is 18.1 Å². The van der Waals surface area contributed by atoms with Crippen molar-refractivity contribution >= 4 is 5.82 Å². The Kier molecular flexibility index (Phi) is 4.97. The van der Waals surface area contributed by atoms with Gasteiger partial charge in [-0.25, -0.2) is 9.97 Å². The molecule has 18 heavy (non-hydrogen) atoms. The van der Waals surface area contributed by atoms with Gasteiger partial charge in [0.25, 0.3) is 0 Å². The van der Waals surface area contributed by atoms with Crippen LogP contribution in [0.5, 0.6) is 0 Å². The van der Waals surface area contributed by atoms with Gasteiger partial charge in [-0.1, -0.05) is 33.1 Å². The maximum atomic E-state index is 4.35. The zero-order valence-electron chi connectivity index (χ0n) is 11.7. The number of nitrogens with zero attached hydrogens (tertiary/aromatic N) is 2. The van der Waals surface area contributed by atoms with Crippen LogP contribution in [-0.4, -0.2) is 16.0 Å². The van der Waals surface area contributed by atoms with Gasteiger partial charge >= 0.3 is 0 Å². The standard InChI is InChI=1S/C15H25N3/c1-3-13-10-15(17-11-16-13)18-14(4-2)12-8-6-5-7-9-12/h10-12,14H,3-9H2,1-2H3,(H,16,17,18). The Morgan fingerprint density at radius 3 is 2.67 bits per heavy atom. The van der Waals surface area contributed by atoms with E-state index in [0.717, 1.165) is 23.9 Å². The van der Waals surface area contributed by atoms with Crippen molar-refractivity contribution in [2.75, 3.05) is 5.32 Å². The summed E-state index contributed by atoms with van der Waals surface area (Å²) in [7, 11) is 0. The van der Waals surface area contributed by atoms with Crippen molar-refractivity contribution in [3.8, 4) is 0 Å². The molecule has 1 atom stereocenters. The molecule has 0 radical (unpaired) electrons. The first kappa shape index (κ1) is 13.3. The topological polar surface area (TPSA) is 37.8 Å². The number of anilines is 1. The van der Waals surface area contributed by atoms with E-state index in [1.165, 1.54) is 38.5 Å². The summed E-state index contributed by atoms with van der Waals surface area (Å²) in [6.07, 6.45) is 10.8. The predicted molar refractivity (Wildman–Crippen MR) is 75.7 cm³/mol. The van der Waals surface area contributed by atoms with Crippen molar-refractivity contribution in [3.63, 3.8) is 0 Å². The van der Waals surface area contributed by atoms with Crippen LogP contribution in [0.2, 0.25) is 0 Å². The van der Waals surface area contributed by atoms with Gasteiger partial charge in [0.15, 0.2) is 0 Å². The second-order valence-electron chi connectivity index (χ2n) is 5.31. The molecule has 0 aromatic carbocycles. The summed E-state index contributed by atoms with van der Waals surface area (Å²) >= 11 is 0. The van der Waals surface area contributed by atoms with Crippen LogP contribution >= 0.6 is 0 Å². The molecule has 3 heteroatoms. The third-order valence-corrected chi connectivity index (χ3v) is 4.08. The molecule has 1 fully saturated rings. The maximum absolute atomic E-state index is 4.35. The van der Waals surface area contributed by atoms with Crippen LogP contribution in [0.25, 0.3) is 0 Å². The van der Waals surface area contributed by atoms with Crippen molar-refractivity contribution in [1.29, 1.82) is 0 Å². The lowest BCUT2D eigenvalue weighted by atomic mass is 9.83. The second kappa shape index (κ2) is 6.72. The van der Waals surface area contributed by atoms with Gasteiger partial charge in [-0.3, -0.25) is 0 Å². The summed E-state index contributed by atoms with van der Waals surface area (Å²) in [5, 5.41) is 3.62. The highest BCUT2D eigenvalue weighted by Crippen LogP contribution is 2.29. The van der Waals surface area contributed by atoms with Crippen LogP contribution in [-0.2, 0) is 6.42 Å². The third kappa shape index (κ3) is 3.44. The van der Waals surface area contributed by atoms with E-state index in [-0.39, 0.29) is 0 Å². The van der Waals surface area contributed by atoms with Gasteiger partial charge in [-0.05, 0) is 31.6 Å². The number of nitrogens with one attached hydrogen (secondary N) is 1. The quantitative estimate of drug-likeness (QED) is 0.859. The van der Waals surface area contributed by atoms with E-state index in [1.807, 2.05) is 0 Å². The molecule has 1 aliphatic carbocycles. The molecule has 1 heterocycles. The van der Waals surface area contributed by atoms with E-state index in [4.69, 9.17) is 0 Å². The molecule has 1 unspecified atom stereocenters. The fraction of sp³-hybridized carbons (Fsp3) is 0.733. The normalized spacial score (nSPS) is 18.6. The van der Waals surface area contributed by atoms with Crippen LogP contribution in [0.4, 0.5) is 5.82 Å². The first-order valence-electron chi connectivity index (χ1n) is 7.41. The van der Waals surface area contributed by atoms with E-state index >= 15 is 0 Å². The van der Waals surface area contributed by atoms with Gasteiger partial charge in [0.1, 0.15) is 12.1 Å². The molecule has 1 aliphatic rings. The number of hydrogen-bond donors (Lipinski definition) is 1. The van der Waals surface area contributed by atoms with Crippen LogP contribution in [0.3, 0.4) is 0 Å². The fourth-order valence-corrected chi connectivity index (χ4v) is 2.95. The molecular weight excluding hydrogens is 222 g/mol. The van der Waals surface area contributed by atoms with Crippen LogP contribution in [0.1, 0.15) is 58.1 Å². The summed E-state index contributed by atoms with van der Waals surface area (Å²) in [5.41, 5.74) is 1.12. The molecule has 1 aromatic heterocycles. The van der Waals surface area contributed by atoms with Gasteiger partial charge in [-0.15, -0.1) is 0 Å². The smallest absolute Gasteiger partial charge is 0.129 e. The first-order valence-corrected chi connectivity index (χ1v) is 7.41. The first-order chi connectivity index (χ1) is 8.83. The van der Waals surface area contributed by atoms with E-state index in [0.29, 0.717) is 6.04 Å². The Balaban J connectivity index is 1.99. The van der Waals surface area contributed by atoms with Gasteiger partial charge < -0.3 is 5.32 Å². The largest absolute Gasteiger partial charge is 0.367 e. The molecule has 1 saturated carbocycles. The van der Waals surface area contributed by atoms with Crippen LogP contribution in [0.15, 0.2) is 12.4 Å².